The van der Waals surface area contributed by atoms with E-state index in [2.05, 4.69) is 5.32 Å². The van der Waals surface area contributed by atoms with Crippen LogP contribution in [0.2, 0.25) is 0 Å². The van der Waals surface area contributed by atoms with E-state index in [-0.39, 0.29) is 5.91 Å². The van der Waals surface area contributed by atoms with Crippen molar-refractivity contribution in [2.24, 2.45) is 5.41 Å². The molecule has 1 aliphatic heterocycles. The molecule has 1 unspecified atom stereocenters. The van der Waals surface area contributed by atoms with Crippen LogP contribution >= 0.6 is 0 Å². The molecule has 0 aliphatic carbocycles. The fourth-order valence-electron chi connectivity index (χ4n) is 1.81. The predicted molar refractivity (Wildman–Crippen MR) is 60.4 cm³/mol. The van der Waals surface area contributed by atoms with Gasteiger partial charge in [-0.25, -0.2) is 0 Å². The van der Waals surface area contributed by atoms with Gasteiger partial charge in [0.1, 0.15) is 5.75 Å². The van der Waals surface area contributed by atoms with Crippen molar-refractivity contribution in [2.75, 3.05) is 12.4 Å². The minimum atomic E-state index is -0.804. The second-order valence-electron chi connectivity index (χ2n) is 4.53. The third-order valence-corrected chi connectivity index (χ3v) is 3.07. The van der Waals surface area contributed by atoms with E-state index in [0.29, 0.717) is 11.4 Å². The molecule has 0 aromatic heterocycles. The van der Waals surface area contributed by atoms with Crippen LogP contribution in [0.1, 0.15) is 25.5 Å². The first kappa shape index (κ1) is 11.0. The maximum absolute atomic E-state index is 11.8. The Hall–Kier alpha value is -1.55. The summed E-state index contributed by atoms with van der Waals surface area (Å²) >= 11 is 0. The van der Waals surface area contributed by atoms with E-state index in [0.717, 1.165) is 5.56 Å². The highest BCUT2D eigenvalue weighted by molar-refractivity contribution is 5.98. The van der Waals surface area contributed by atoms with Gasteiger partial charge in [-0.05, 0) is 19.9 Å². The maximum atomic E-state index is 11.8. The summed E-state index contributed by atoms with van der Waals surface area (Å²) in [5.74, 6) is 0.478. The van der Waals surface area contributed by atoms with Crippen molar-refractivity contribution >= 4 is 11.6 Å². The predicted octanol–water partition coefficient (Wildman–Crippen LogP) is 1.71. The number of fused-ring (bicyclic) bond motifs is 1. The van der Waals surface area contributed by atoms with Crippen molar-refractivity contribution < 1.29 is 14.6 Å². The van der Waals surface area contributed by atoms with Gasteiger partial charge in [-0.15, -0.1) is 0 Å². The Morgan fingerprint density at radius 1 is 1.44 bits per heavy atom. The number of benzene rings is 1. The van der Waals surface area contributed by atoms with Crippen molar-refractivity contribution in [3.05, 3.63) is 23.8 Å². The van der Waals surface area contributed by atoms with Crippen LogP contribution in [0.4, 0.5) is 5.69 Å². The van der Waals surface area contributed by atoms with Crippen LogP contribution in [-0.2, 0) is 4.79 Å². The average Bonchev–Trinajstić information content (AvgIpc) is 2.26. The molecule has 1 aromatic carbocycles. The number of carbonyl (C=O) groups is 1. The zero-order valence-electron chi connectivity index (χ0n) is 9.57. The third-order valence-electron chi connectivity index (χ3n) is 3.07. The first-order valence-corrected chi connectivity index (χ1v) is 5.14. The highest BCUT2D eigenvalue weighted by Crippen LogP contribution is 2.42. The summed E-state index contributed by atoms with van der Waals surface area (Å²) in [6.45, 7) is 3.44. The number of hydrogen-bond acceptors (Lipinski definition) is 3. The summed E-state index contributed by atoms with van der Waals surface area (Å²) in [7, 11) is 1.56. The molecule has 1 amide bonds. The van der Waals surface area contributed by atoms with E-state index in [1.165, 1.54) is 0 Å². The molecule has 2 rings (SSSR count). The van der Waals surface area contributed by atoms with Gasteiger partial charge >= 0.3 is 0 Å². The SMILES string of the molecule is COc1ccc2c(c1)NC(=O)C(C)(C)C2O. The summed E-state index contributed by atoms with van der Waals surface area (Å²) in [5.41, 5.74) is 0.545. The van der Waals surface area contributed by atoms with Gasteiger partial charge < -0.3 is 15.2 Å². The van der Waals surface area contributed by atoms with Crippen LogP contribution in [0.25, 0.3) is 0 Å². The fraction of sp³-hybridized carbons (Fsp3) is 0.417. The summed E-state index contributed by atoms with van der Waals surface area (Å²) in [4.78, 5) is 11.8. The molecule has 4 heteroatoms. The minimum Gasteiger partial charge on any atom is -0.497 e. The quantitative estimate of drug-likeness (QED) is 0.759. The molecule has 4 nitrogen and oxygen atoms in total. The Balaban J connectivity index is 2.51. The standard InChI is InChI=1S/C12H15NO3/c1-12(2)10(14)8-5-4-7(16-3)6-9(8)13-11(12)15/h4-6,10,14H,1-3H3,(H,13,15). The molecule has 0 fully saturated rings. The smallest absolute Gasteiger partial charge is 0.233 e. The second kappa shape index (κ2) is 3.49. The maximum Gasteiger partial charge on any atom is 0.233 e. The molecule has 1 heterocycles. The van der Waals surface area contributed by atoms with Gasteiger partial charge in [-0.3, -0.25) is 4.79 Å². The Morgan fingerprint density at radius 3 is 2.75 bits per heavy atom. The molecule has 1 aromatic rings. The number of aliphatic hydroxyl groups excluding tert-OH is 1. The van der Waals surface area contributed by atoms with Crippen LogP contribution in [0.15, 0.2) is 18.2 Å². The monoisotopic (exact) mass is 221 g/mol. The van der Waals surface area contributed by atoms with Crippen molar-refractivity contribution in [3.8, 4) is 5.75 Å². The number of methoxy groups -OCH3 is 1. The second-order valence-corrected chi connectivity index (χ2v) is 4.53. The van der Waals surface area contributed by atoms with Gasteiger partial charge in [-0.2, -0.15) is 0 Å². The molecule has 0 spiro atoms. The first-order chi connectivity index (χ1) is 7.46. The Bertz CT molecular complexity index is 440. The van der Waals surface area contributed by atoms with Crippen molar-refractivity contribution in [2.45, 2.75) is 20.0 Å². The van der Waals surface area contributed by atoms with Crippen LogP contribution in [-0.4, -0.2) is 18.1 Å². The lowest BCUT2D eigenvalue weighted by Gasteiger charge is -2.35. The lowest BCUT2D eigenvalue weighted by molar-refractivity contribution is -0.130. The third kappa shape index (κ3) is 1.46. The Morgan fingerprint density at radius 2 is 2.12 bits per heavy atom. The number of hydrogen-bond donors (Lipinski definition) is 2. The molecular weight excluding hydrogens is 206 g/mol. The van der Waals surface area contributed by atoms with Gasteiger partial charge in [-0.1, -0.05) is 6.07 Å². The number of anilines is 1. The lowest BCUT2D eigenvalue weighted by Crippen LogP contribution is -2.40. The summed E-state index contributed by atoms with van der Waals surface area (Å²) in [6, 6.07) is 5.27. The molecule has 0 radical (unpaired) electrons. The summed E-state index contributed by atoms with van der Waals surface area (Å²) in [6.07, 6.45) is -0.790. The number of aliphatic hydroxyl groups is 1. The van der Waals surface area contributed by atoms with E-state index in [1.54, 1.807) is 39.2 Å². The normalized spacial score (nSPS) is 22.2. The van der Waals surface area contributed by atoms with Crippen molar-refractivity contribution in [3.63, 3.8) is 0 Å². The Labute approximate surface area is 94.2 Å². The van der Waals surface area contributed by atoms with Crippen LogP contribution in [0.5, 0.6) is 5.75 Å². The zero-order chi connectivity index (χ0) is 11.9. The molecule has 0 bridgehead atoms. The largest absolute Gasteiger partial charge is 0.497 e. The van der Waals surface area contributed by atoms with E-state index in [1.807, 2.05) is 0 Å². The van der Waals surface area contributed by atoms with Gasteiger partial charge in [0, 0.05) is 11.6 Å². The van der Waals surface area contributed by atoms with E-state index in [9.17, 15) is 9.90 Å². The molecule has 0 saturated carbocycles. The van der Waals surface area contributed by atoms with Crippen LogP contribution < -0.4 is 10.1 Å². The first-order valence-electron chi connectivity index (χ1n) is 5.14. The van der Waals surface area contributed by atoms with Gasteiger partial charge in [0.05, 0.1) is 24.3 Å². The van der Waals surface area contributed by atoms with Gasteiger partial charge in [0.25, 0.3) is 0 Å². The fourth-order valence-corrected chi connectivity index (χ4v) is 1.81. The zero-order valence-corrected chi connectivity index (χ0v) is 9.57. The molecule has 1 aliphatic rings. The van der Waals surface area contributed by atoms with Crippen molar-refractivity contribution in [1.82, 2.24) is 0 Å². The van der Waals surface area contributed by atoms with Gasteiger partial charge in [0.2, 0.25) is 5.91 Å². The van der Waals surface area contributed by atoms with Crippen molar-refractivity contribution in [1.29, 1.82) is 0 Å². The van der Waals surface area contributed by atoms with Crippen LogP contribution in [0.3, 0.4) is 0 Å². The number of rotatable bonds is 1. The molecule has 1 atom stereocenters. The topological polar surface area (TPSA) is 58.6 Å². The van der Waals surface area contributed by atoms with E-state index >= 15 is 0 Å². The number of amides is 1. The minimum absolute atomic E-state index is 0.180. The molecular formula is C12H15NO3. The summed E-state index contributed by atoms with van der Waals surface area (Å²) in [5, 5.41) is 12.9. The molecule has 2 N–H and O–H groups in total. The highest BCUT2D eigenvalue weighted by atomic mass is 16.5. The molecule has 86 valence electrons. The van der Waals surface area contributed by atoms with Crippen LogP contribution in [0, 0.1) is 5.41 Å². The molecule has 0 saturated heterocycles. The summed E-state index contributed by atoms with van der Waals surface area (Å²) < 4.78 is 5.07. The number of ether oxygens (including phenoxy) is 1. The van der Waals surface area contributed by atoms with E-state index < -0.39 is 11.5 Å². The van der Waals surface area contributed by atoms with Gasteiger partial charge in [0.15, 0.2) is 0 Å². The Kier molecular flexibility index (Phi) is 2.39. The number of nitrogens with one attached hydrogen (secondary N) is 1. The number of carbonyl (C=O) groups excluding carboxylic acids is 1. The van der Waals surface area contributed by atoms with E-state index in [4.69, 9.17) is 4.74 Å². The average molecular weight is 221 g/mol. The highest BCUT2D eigenvalue weighted by Gasteiger charge is 2.41. The molecule has 16 heavy (non-hydrogen) atoms. The lowest BCUT2D eigenvalue weighted by atomic mass is 9.78.